The van der Waals surface area contributed by atoms with E-state index in [1.807, 2.05) is 36.4 Å². The molecule has 0 aliphatic heterocycles. The van der Waals surface area contributed by atoms with E-state index >= 15 is 0 Å². The molecule has 0 amide bonds. The summed E-state index contributed by atoms with van der Waals surface area (Å²) < 4.78 is 6.43. The predicted molar refractivity (Wildman–Crippen MR) is 80.6 cm³/mol. The molecule has 2 aromatic rings. The first-order chi connectivity index (χ1) is 8.63. The third-order valence-corrected chi connectivity index (χ3v) is 3.66. The molecule has 2 rings (SSSR count). The van der Waals surface area contributed by atoms with Crippen molar-refractivity contribution < 1.29 is 4.74 Å². The van der Waals surface area contributed by atoms with Gasteiger partial charge in [0.15, 0.2) is 0 Å². The lowest BCUT2D eigenvalue weighted by Crippen LogP contribution is -2.10. The molecule has 1 aromatic carbocycles. The summed E-state index contributed by atoms with van der Waals surface area (Å²) in [5.41, 5.74) is 6.58. The number of thiocarbonyl (C=S) groups is 1. The maximum atomic E-state index is 5.85. The predicted octanol–water partition coefficient (Wildman–Crippen LogP) is 3.81. The van der Waals surface area contributed by atoms with Crippen LogP contribution in [0.25, 0.3) is 0 Å². The van der Waals surface area contributed by atoms with Crippen LogP contribution in [0.1, 0.15) is 10.4 Å². The van der Waals surface area contributed by atoms with Gasteiger partial charge < -0.3 is 10.5 Å². The molecular weight excluding hydrogens is 286 g/mol. The summed E-state index contributed by atoms with van der Waals surface area (Å²) in [5, 5.41) is 0. The molecule has 1 aromatic heterocycles. The molecule has 2 N–H and O–H groups in total. The molecule has 1 heterocycles. The van der Waals surface area contributed by atoms with E-state index in [2.05, 4.69) is 0 Å². The Morgan fingerprint density at radius 2 is 1.94 bits per heavy atom. The molecule has 0 fully saturated rings. The first kappa shape index (κ1) is 13.3. The first-order valence-electron chi connectivity index (χ1n) is 5.38. The van der Waals surface area contributed by atoms with Crippen LogP contribution in [-0.2, 0) is 13.0 Å². The van der Waals surface area contributed by atoms with Crippen LogP contribution in [0.5, 0.6) is 5.75 Å². The number of hydrogen-bond donors (Lipinski definition) is 1. The van der Waals surface area contributed by atoms with Crippen LogP contribution in [0.4, 0.5) is 0 Å². The van der Waals surface area contributed by atoms with Gasteiger partial charge in [0.1, 0.15) is 12.4 Å². The number of thiophene rings is 1. The summed E-state index contributed by atoms with van der Waals surface area (Å²) >= 11 is 12.2. The van der Waals surface area contributed by atoms with Crippen LogP contribution >= 0.6 is 35.2 Å². The van der Waals surface area contributed by atoms with E-state index in [1.54, 1.807) is 0 Å². The highest BCUT2D eigenvalue weighted by atomic mass is 35.5. The SMILES string of the molecule is NC(=S)Cc1ccc(OCc2ccc(Cl)s2)cc1. The topological polar surface area (TPSA) is 35.2 Å². The lowest BCUT2D eigenvalue weighted by molar-refractivity contribution is 0.310. The smallest absolute Gasteiger partial charge is 0.122 e. The van der Waals surface area contributed by atoms with Gasteiger partial charge in [-0.2, -0.15) is 0 Å². The molecule has 0 unspecified atom stereocenters. The molecule has 0 radical (unpaired) electrons. The molecule has 0 saturated carbocycles. The van der Waals surface area contributed by atoms with Gasteiger partial charge in [-0.15, -0.1) is 11.3 Å². The van der Waals surface area contributed by atoms with E-state index in [1.165, 1.54) is 11.3 Å². The minimum atomic E-state index is 0.497. The van der Waals surface area contributed by atoms with Crippen LogP contribution in [-0.4, -0.2) is 4.99 Å². The highest BCUT2D eigenvalue weighted by Crippen LogP contribution is 2.23. The molecule has 2 nitrogen and oxygen atoms in total. The second kappa shape index (κ2) is 6.18. The van der Waals surface area contributed by atoms with E-state index < -0.39 is 0 Å². The summed E-state index contributed by atoms with van der Waals surface area (Å²) in [7, 11) is 0. The van der Waals surface area contributed by atoms with Crippen molar-refractivity contribution in [2.45, 2.75) is 13.0 Å². The number of benzene rings is 1. The normalized spacial score (nSPS) is 10.3. The average molecular weight is 298 g/mol. The summed E-state index contributed by atoms with van der Waals surface area (Å²) in [5.74, 6) is 0.825. The third kappa shape index (κ3) is 3.98. The zero-order chi connectivity index (χ0) is 13.0. The van der Waals surface area contributed by atoms with Crippen molar-refractivity contribution in [2.24, 2.45) is 5.73 Å². The highest BCUT2D eigenvalue weighted by molar-refractivity contribution is 7.80. The van der Waals surface area contributed by atoms with Crippen LogP contribution in [0.3, 0.4) is 0 Å². The Bertz CT molecular complexity index is 536. The molecule has 0 aliphatic rings. The molecule has 18 heavy (non-hydrogen) atoms. The zero-order valence-electron chi connectivity index (χ0n) is 9.56. The molecule has 0 aliphatic carbocycles. The van der Waals surface area contributed by atoms with E-state index in [0.29, 0.717) is 18.0 Å². The molecule has 0 spiro atoms. The van der Waals surface area contributed by atoms with Gasteiger partial charge in [0.2, 0.25) is 0 Å². The van der Waals surface area contributed by atoms with Gasteiger partial charge in [-0.05, 0) is 29.8 Å². The van der Waals surface area contributed by atoms with Crippen LogP contribution in [0.15, 0.2) is 36.4 Å². The Kier molecular flexibility index (Phi) is 4.58. The molecular formula is C13H12ClNOS2. The van der Waals surface area contributed by atoms with Crippen LogP contribution in [0.2, 0.25) is 4.34 Å². The van der Waals surface area contributed by atoms with Crippen molar-refractivity contribution in [3.63, 3.8) is 0 Å². The standard InChI is InChI=1S/C13H12ClNOS2/c14-12-6-5-11(18-12)8-16-10-3-1-9(2-4-10)7-13(15)17/h1-6H,7-8H2,(H2,15,17). The van der Waals surface area contributed by atoms with E-state index in [0.717, 1.165) is 20.5 Å². The Morgan fingerprint density at radius 3 is 2.50 bits per heavy atom. The number of hydrogen-bond acceptors (Lipinski definition) is 3. The largest absolute Gasteiger partial charge is 0.488 e. The summed E-state index contributed by atoms with van der Waals surface area (Å²) in [6.07, 6.45) is 0.621. The molecule has 5 heteroatoms. The maximum absolute atomic E-state index is 5.85. The monoisotopic (exact) mass is 297 g/mol. The van der Waals surface area contributed by atoms with E-state index in [9.17, 15) is 0 Å². The van der Waals surface area contributed by atoms with Crippen molar-refractivity contribution in [1.82, 2.24) is 0 Å². The second-order valence-corrected chi connectivity index (χ2v) is 6.11. The van der Waals surface area contributed by atoms with Crippen molar-refractivity contribution in [2.75, 3.05) is 0 Å². The quantitative estimate of drug-likeness (QED) is 0.852. The van der Waals surface area contributed by atoms with Gasteiger partial charge in [-0.25, -0.2) is 0 Å². The first-order valence-corrected chi connectivity index (χ1v) is 6.98. The second-order valence-electron chi connectivity index (χ2n) is 3.78. The summed E-state index contributed by atoms with van der Waals surface area (Å²) in [6, 6.07) is 11.6. The molecule has 0 saturated heterocycles. The minimum absolute atomic E-state index is 0.497. The lowest BCUT2D eigenvalue weighted by atomic mass is 10.1. The minimum Gasteiger partial charge on any atom is -0.488 e. The zero-order valence-corrected chi connectivity index (χ0v) is 11.9. The summed E-state index contributed by atoms with van der Waals surface area (Å²) in [6.45, 7) is 0.534. The maximum Gasteiger partial charge on any atom is 0.122 e. The van der Waals surface area contributed by atoms with Gasteiger partial charge in [0.05, 0.1) is 9.32 Å². The molecule has 94 valence electrons. The molecule has 0 atom stereocenters. The van der Waals surface area contributed by atoms with Crippen molar-refractivity contribution in [3.05, 3.63) is 51.2 Å². The number of nitrogens with two attached hydrogens (primary N) is 1. The Balaban J connectivity index is 1.92. The number of halogens is 1. The molecule has 0 bridgehead atoms. The Morgan fingerprint density at radius 1 is 1.22 bits per heavy atom. The van der Waals surface area contributed by atoms with Crippen LogP contribution < -0.4 is 10.5 Å². The van der Waals surface area contributed by atoms with Gasteiger partial charge >= 0.3 is 0 Å². The van der Waals surface area contributed by atoms with Gasteiger partial charge in [0.25, 0.3) is 0 Å². The fourth-order valence-corrected chi connectivity index (χ4v) is 2.66. The van der Waals surface area contributed by atoms with Gasteiger partial charge in [-0.3, -0.25) is 0 Å². The number of rotatable bonds is 5. The number of ether oxygens (including phenoxy) is 1. The third-order valence-electron chi connectivity index (χ3n) is 2.31. The lowest BCUT2D eigenvalue weighted by Gasteiger charge is -2.05. The van der Waals surface area contributed by atoms with Gasteiger partial charge in [-0.1, -0.05) is 36.0 Å². The van der Waals surface area contributed by atoms with Crippen molar-refractivity contribution >= 4 is 40.1 Å². The van der Waals surface area contributed by atoms with Crippen LogP contribution in [0, 0.1) is 0 Å². The summed E-state index contributed by atoms with van der Waals surface area (Å²) in [4.78, 5) is 1.60. The highest BCUT2D eigenvalue weighted by Gasteiger charge is 2.00. The average Bonchev–Trinajstić information content (AvgIpc) is 2.74. The Hall–Kier alpha value is -1.10. The van der Waals surface area contributed by atoms with Crippen molar-refractivity contribution in [3.8, 4) is 5.75 Å². The van der Waals surface area contributed by atoms with E-state index in [-0.39, 0.29) is 0 Å². The fraction of sp³-hybridized carbons (Fsp3) is 0.154. The fourth-order valence-electron chi connectivity index (χ4n) is 1.49. The Labute approximate surface area is 120 Å². The van der Waals surface area contributed by atoms with E-state index in [4.69, 9.17) is 34.3 Å². The van der Waals surface area contributed by atoms with Gasteiger partial charge in [0, 0.05) is 11.3 Å². The van der Waals surface area contributed by atoms with Crippen molar-refractivity contribution in [1.29, 1.82) is 0 Å².